The van der Waals surface area contributed by atoms with Crippen molar-refractivity contribution in [3.05, 3.63) is 28.2 Å². The standard InChI is InChI=1S/C15H17NO5S/c1-8-3-4-9-10(7-8)22-14(13(9)15(20)21-2)16-11(17)5-6-12(18)19/h5-6,8H,3-4,7H2,1-2H3,(H,16,17)(H,18,19)/t8-/m0/s1. The van der Waals surface area contributed by atoms with E-state index in [1.54, 1.807) is 0 Å². The van der Waals surface area contributed by atoms with Crippen LogP contribution in [0.1, 0.15) is 34.1 Å². The summed E-state index contributed by atoms with van der Waals surface area (Å²) in [5, 5.41) is 11.5. The average molecular weight is 323 g/mol. The summed E-state index contributed by atoms with van der Waals surface area (Å²) in [6, 6.07) is 0. The number of esters is 1. The second-order valence-electron chi connectivity index (χ2n) is 5.21. The second kappa shape index (κ2) is 6.74. The Kier molecular flexibility index (Phi) is 4.97. The van der Waals surface area contributed by atoms with Crippen molar-refractivity contribution in [1.29, 1.82) is 0 Å². The van der Waals surface area contributed by atoms with Gasteiger partial charge in [-0.2, -0.15) is 0 Å². The number of anilines is 1. The molecule has 1 amide bonds. The minimum atomic E-state index is -1.21. The lowest BCUT2D eigenvalue weighted by Gasteiger charge is -2.18. The molecular formula is C15H17NO5S. The van der Waals surface area contributed by atoms with Gasteiger partial charge >= 0.3 is 11.9 Å². The molecular weight excluding hydrogens is 306 g/mol. The zero-order chi connectivity index (χ0) is 16.3. The molecule has 0 unspecified atom stereocenters. The number of hydrogen-bond donors (Lipinski definition) is 2. The van der Waals surface area contributed by atoms with Crippen LogP contribution in [0.3, 0.4) is 0 Å². The van der Waals surface area contributed by atoms with Crippen molar-refractivity contribution in [2.24, 2.45) is 5.92 Å². The number of carboxylic acids is 1. The monoisotopic (exact) mass is 323 g/mol. The third-order valence-corrected chi connectivity index (χ3v) is 4.68. The van der Waals surface area contributed by atoms with Crippen molar-refractivity contribution >= 4 is 34.2 Å². The van der Waals surface area contributed by atoms with Gasteiger partial charge in [-0.25, -0.2) is 9.59 Å². The predicted octanol–water partition coefficient (Wildman–Crippen LogP) is 2.24. The van der Waals surface area contributed by atoms with Crippen LogP contribution in [-0.4, -0.2) is 30.1 Å². The summed E-state index contributed by atoms with van der Waals surface area (Å²) in [7, 11) is 1.30. The summed E-state index contributed by atoms with van der Waals surface area (Å²) >= 11 is 1.36. The molecule has 7 heteroatoms. The van der Waals surface area contributed by atoms with Crippen molar-refractivity contribution in [2.75, 3.05) is 12.4 Å². The van der Waals surface area contributed by atoms with Gasteiger partial charge < -0.3 is 15.2 Å². The molecule has 118 valence electrons. The molecule has 1 aliphatic carbocycles. The van der Waals surface area contributed by atoms with Crippen LogP contribution in [0, 0.1) is 5.92 Å². The van der Waals surface area contributed by atoms with E-state index in [9.17, 15) is 14.4 Å². The summed E-state index contributed by atoms with van der Waals surface area (Å²) in [6.07, 6.45) is 4.30. The van der Waals surface area contributed by atoms with E-state index < -0.39 is 17.8 Å². The molecule has 1 atom stereocenters. The predicted molar refractivity (Wildman–Crippen MR) is 82.3 cm³/mol. The van der Waals surface area contributed by atoms with Gasteiger partial charge in [-0.1, -0.05) is 6.92 Å². The van der Waals surface area contributed by atoms with Crippen LogP contribution in [0.5, 0.6) is 0 Å². The van der Waals surface area contributed by atoms with Gasteiger partial charge in [-0.3, -0.25) is 4.79 Å². The number of carbonyl (C=O) groups excluding carboxylic acids is 2. The first-order chi connectivity index (χ1) is 10.4. The SMILES string of the molecule is COC(=O)c1c(NC(=O)C=CC(=O)O)sc2c1CC[C@H](C)C2. The first kappa shape index (κ1) is 16.2. The smallest absolute Gasteiger partial charge is 0.341 e. The maximum Gasteiger partial charge on any atom is 0.341 e. The number of carboxylic acid groups (broad SMARTS) is 1. The van der Waals surface area contributed by atoms with E-state index in [0.29, 0.717) is 16.5 Å². The Bertz CT molecular complexity index is 647. The normalized spacial score (nSPS) is 17.1. The van der Waals surface area contributed by atoms with Gasteiger partial charge in [0.25, 0.3) is 0 Å². The van der Waals surface area contributed by atoms with Crippen LogP contribution >= 0.6 is 11.3 Å². The molecule has 1 heterocycles. The number of ether oxygens (including phenoxy) is 1. The van der Waals surface area contributed by atoms with Crippen molar-refractivity contribution in [3.8, 4) is 0 Å². The highest BCUT2D eigenvalue weighted by molar-refractivity contribution is 7.17. The lowest BCUT2D eigenvalue weighted by Crippen LogP contribution is -2.15. The summed E-state index contributed by atoms with van der Waals surface area (Å²) in [5.41, 5.74) is 1.33. The molecule has 1 aliphatic rings. The van der Waals surface area contributed by atoms with Crippen LogP contribution in [-0.2, 0) is 27.2 Å². The van der Waals surface area contributed by atoms with Crippen LogP contribution in [0.4, 0.5) is 5.00 Å². The number of carbonyl (C=O) groups is 3. The third-order valence-electron chi connectivity index (χ3n) is 3.52. The number of nitrogens with one attached hydrogen (secondary N) is 1. The summed E-state index contributed by atoms with van der Waals surface area (Å²) < 4.78 is 4.81. The van der Waals surface area contributed by atoms with Crippen LogP contribution in [0.15, 0.2) is 12.2 Å². The second-order valence-corrected chi connectivity index (χ2v) is 6.31. The van der Waals surface area contributed by atoms with Gasteiger partial charge in [0.05, 0.1) is 12.7 Å². The van der Waals surface area contributed by atoms with Gasteiger partial charge in [0.2, 0.25) is 5.91 Å². The first-order valence-corrected chi connectivity index (χ1v) is 7.68. The molecule has 1 aromatic heterocycles. The molecule has 0 radical (unpaired) electrons. The lowest BCUT2D eigenvalue weighted by molar-refractivity contribution is -0.131. The fourth-order valence-electron chi connectivity index (χ4n) is 2.46. The topological polar surface area (TPSA) is 92.7 Å². The van der Waals surface area contributed by atoms with E-state index in [4.69, 9.17) is 9.84 Å². The largest absolute Gasteiger partial charge is 0.478 e. The number of methoxy groups -OCH3 is 1. The fourth-order valence-corrected chi connectivity index (χ4v) is 3.86. The quantitative estimate of drug-likeness (QED) is 0.655. The van der Waals surface area contributed by atoms with Gasteiger partial charge in [-0.15, -0.1) is 11.3 Å². The maximum absolute atomic E-state index is 12.0. The Hall–Kier alpha value is -2.15. The molecule has 2 rings (SSSR count). The molecule has 0 saturated heterocycles. The van der Waals surface area contributed by atoms with Crippen LogP contribution < -0.4 is 5.32 Å². The lowest BCUT2D eigenvalue weighted by atomic mass is 9.88. The molecule has 0 aliphatic heterocycles. The summed E-state index contributed by atoms with van der Waals surface area (Å²) in [5.74, 6) is -1.74. The van der Waals surface area contributed by atoms with Crippen molar-refractivity contribution < 1.29 is 24.2 Å². The Labute approximate surface area is 131 Å². The molecule has 0 fully saturated rings. The molecule has 0 spiro atoms. The minimum Gasteiger partial charge on any atom is -0.478 e. The van der Waals surface area contributed by atoms with Crippen molar-refractivity contribution in [3.63, 3.8) is 0 Å². The fraction of sp³-hybridized carbons (Fsp3) is 0.400. The highest BCUT2D eigenvalue weighted by atomic mass is 32.1. The van der Waals surface area contributed by atoms with E-state index >= 15 is 0 Å². The molecule has 1 aromatic rings. The van der Waals surface area contributed by atoms with Crippen LogP contribution in [0.25, 0.3) is 0 Å². The zero-order valence-electron chi connectivity index (χ0n) is 12.3. The van der Waals surface area contributed by atoms with Gasteiger partial charge in [0.1, 0.15) is 5.00 Å². The van der Waals surface area contributed by atoms with E-state index in [0.717, 1.165) is 41.9 Å². The summed E-state index contributed by atoms with van der Waals surface area (Å²) in [4.78, 5) is 35.3. The van der Waals surface area contributed by atoms with Gasteiger partial charge in [0.15, 0.2) is 0 Å². The van der Waals surface area contributed by atoms with Crippen molar-refractivity contribution in [1.82, 2.24) is 0 Å². The number of hydrogen-bond acceptors (Lipinski definition) is 5. The number of aliphatic carboxylic acids is 1. The number of fused-ring (bicyclic) bond motifs is 1. The Morgan fingerprint density at radius 3 is 2.73 bits per heavy atom. The van der Waals surface area contributed by atoms with Gasteiger partial charge in [0, 0.05) is 17.0 Å². The zero-order valence-corrected chi connectivity index (χ0v) is 13.2. The highest BCUT2D eigenvalue weighted by Crippen LogP contribution is 2.39. The molecule has 6 nitrogen and oxygen atoms in total. The number of thiophene rings is 1. The Morgan fingerprint density at radius 1 is 1.36 bits per heavy atom. The first-order valence-electron chi connectivity index (χ1n) is 6.87. The third kappa shape index (κ3) is 3.54. The molecule has 0 saturated carbocycles. The van der Waals surface area contributed by atoms with Crippen molar-refractivity contribution in [2.45, 2.75) is 26.2 Å². The molecule has 0 bridgehead atoms. The number of amides is 1. The molecule has 0 aromatic carbocycles. The van der Waals surface area contributed by atoms with Gasteiger partial charge in [-0.05, 0) is 30.7 Å². The van der Waals surface area contributed by atoms with E-state index in [1.807, 2.05) is 0 Å². The van der Waals surface area contributed by atoms with Crippen LogP contribution in [0.2, 0.25) is 0 Å². The molecule has 2 N–H and O–H groups in total. The summed E-state index contributed by atoms with van der Waals surface area (Å²) in [6.45, 7) is 2.15. The Morgan fingerprint density at radius 2 is 2.09 bits per heavy atom. The minimum absolute atomic E-state index is 0.395. The maximum atomic E-state index is 12.0. The van der Waals surface area contributed by atoms with E-state index in [1.165, 1.54) is 18.4 Å². The van der Waals surface area contributed by atoms with E-state index in [2.05, 4.69) is 12.2 Å². The Balaban J connectivity index is 2.32. The average Bonchev–Trinajstić information content (AvgIpc) is 2.81. The molecule has 22 heavy (non-hydrogen) atoms. The van der Waals surface area contributed by atoms with E-state index in [-0.39, 0.29) is 0 Å². The number of rotatable bonds is 4. The highest BCUT2D eigenvalue weighted by Gasteiger charge is 2.28.